The van der Waals surface area contributed by atoms with E-state index >= 15 is 0 Å². The van der Waals surface area contributed by atoms with Crippen LogP contribution in [0, 0.1) is 6.92 Å². The van der Waals surface area contributed by atoms with Gasteiger partial charge in [0.05, 0.1) is 0 Å². The maximum Gasteiger partial charge on any atom is 0.339 e. The molecule has 0 aromatic heterocycles. The molecule has 23 heavy (non-hydrogen) atoms. The Hall–Kier alpha value is -2.12. The third kappa shape index (κ3) is 4.20. The number of carboxylic acids is 1. The lowest BCUT2D eigenvalue weighted by Gasteiger charge is -2.08. The molecular formula is C16H13BrO5S. The standard InChI is InChI=1S/C16H13BrO5S/c1-11-4-2-3-5-14(11)15(16(18)19)10-22-23(20,21)13-8-6-12(17)7-9-13/h2-10H,1H3,(H,18,19). The lowest BCUT2D eigenvalue weighted by molar-refractivity contribution is -0.130. The fourth-order valence-electron chi connectivity index (χ4n) is 1.87. The van der Waals surface area contributed by atoms with Crippen LogP contribution in [0.5, 0.6) is 0 Å². The van der Waals surface area contributed by atoms with Crippen molar-refractivity contribution in [3.63, 3.8) is 0 Å². The van der Waals surface area contributed by atoms with E-state index in [-0.39, 0.29) is 10.5 Å². The van der Waals surface area contributed by atoms with Crippen LogP contribution in [-0.4, -0.2) is 19.5 Å². The van der Waals surface area contributed by atoms with Gasteiger partial charge < -0.3 is 9.29 Å². The second-order valence-corrected chi connectivity index (χ2v) is 7.14. The van der Waals surface area contributed by atoms with E-state index in [4.69, 9.17) is 4.18 Å². The van der Waals surface area contributed by atoms with Gasteiger partial charge in [-0.05, 0) is 42.3 Å². The molecule has 0 heterocycles. The molecule has 0 aliphatic heterocycles. The summed E-state index contributed by atoms with van der Waals surface area (Å²) in [6.45, 7) is 1.73. The second-order valence-electron chi connectivity index (χ2n) is 4.66. The van der Waals surface area contributed by atoms with Crippen LogP contribution in [0.2, 0.25) is 0 Å². The third-order valence-electron chi connectivity index (χ3n) is 3.06. The van der Waals surface area contributed by atoms with E-state index in [0.717, 1.165) is 10.7 Å². The van der Waals surface area contributed by atoms with Gasteiger partial charge >= 0.3 is 16.1 Å². The Bertz CT molecular complexity index is 854. The van der Waals surface area contributed by atoms with E-state index in [9.17, 15) is 18.3 Å². The molecule has 0 spiro atoms. The number of benzene rings is 2. The van der Waals surface area contributed by atoms with E-state index in [2.05, 4.69) is 15.9 Å². The topological polar surface area (TPSA) is 80.7 Å². The molecule has 5 nitrogen and oxygen atoms in total. The van der Waals surface area contributed by atoms with Crippen LogP contribution in [0.15, 0.2) is 64.2 Å². The molecule has 0 unspecified atom stereocenters. The van der Waals surface area contributed by atoms with Crippen molar-refractivity contribution in [1.82, 2.24) is 0 Å². The molecule has 0 saturated heterocycles. The highest BCUT2D eigenvalue weighted by Gasteiger charge is 2.18. The summed E-state index contributed by atoms with van der Waals surface area (Å²) in [5, 5.41) is 9.31. The Balaban J connectivity index is 2.37. The molecule has 2 rings (SSSR count). The first kappa shape index (κ1) is 17.2. The number of carbonyl (C=O) groups is 1. The van der Waals surface area contributed by atoms with Gasteiger partial charge in [0.2, 0.25) is 0 Å². The minimum absolute atomic E-state index is 0.0635. The predicted molar refractivity (Wildman–Crippen MR) is 89.2 cm³/mol. The molecule has 0 aliphatic carbocycles. The molecule has 0 saturated carbocycles. The largest absolute Gasteiger partial charge is 0.478 e. The monoisotopic (exact) mass is 396 g/mol. The molecule has 0 atom stereocenters. The van der Waals surface area contributed by atoms with Gasteiger partial charge in [-0.25, -0.2) is 4.79 Å². The number of halogens is 1. The first-order valence-electron chi connectivity index (χ1n) is 6.49. The maximum absolute atomic E-state index is 12.1. The smallest absolute Gasteiger partial charge is 0.339 e. The Kier molecular flexibility index (Phi) is 5.23. The Morgan fingerprint density at radius 3 is 2.30 bits per heavy atom. The van der Waals surface area contributed by atoms with Crippen LogP contribution in [0.1, 0.15) is 11.1 Å². The fourth-order valence-corrected chi connectivity index (χ4v) is 2.94. The number of carboxylic acid groups (broad SMARTS) is 1. The lowest BCUT2D eigenvalue weighted by Crippen LogP contribution is -2.06. The predicted octanol–water partition coefficient (Wildman–Crippen LogP) is 3.59. The van der Waals surface area contributed by atoms with Crippen molar-refractivity contribution >= 4 is 37.6 Å². The summed E-state index contributed by atoms with van der Waals surface area (Å²) in [6.07, 6.45) is 0.752. The van der Waals surface area contributed by atoms with Crippen molar-refractivity contribution < 1.29 is 22.5 Å². The quantitative estimate of drug-likeness (QED) is 0.474. The van der Waals surface area contributed by atoms with Gasteiger partial charge in [-0.15, -0.1) is 0 Å². The number of aliphatic carboxylic acids is 1. The van der Waals surface area contributed by atoms with E-state index in [1.165, 1.54) is 12.1 Å². The molecule has 120 valence electrons. The van der Waals surface area contributed by atoms with Gasteiger partial charge in [0, 0.05) is 4.47 Å². The summed E-state index contributed by atoms with van der Waals surface area (Å²) in [5.41, 5.74) is 0.862. The van der Waals surface area contributed by atoms with Crippen LogP contribution < -0.4 is 0 Å². The minimum atomic E-state index is -4.09. The van der Waals surface area contributed by atoms with Gasteiger partial charge in [-0.3, -0.25) is 0 Å². The van der Waals surface area contributed by atoms with Gasteiger partial charge in [0.1, 0.15) is 16.7 Å². The fraction of sp³-hybridized carbons (Fsp3) is 0.0625. The average molecular weight is 397 g/mol. The van der Waals surface area contributed by atoms with E-state index < -0.39 is 16.1 Å². The molecule has 2 aromatic rings. The number of rotatable bonds is 5. The molecule has 0 bridgehead atoms. The highest BCUT2D eigenvalue weighted by atomic mass is 79.9. The van der Waals surface area contributed by atoms with Gasteiger partial charge in [0.25, 0.3) is 0 Å². The number of hydrogen-bond donors (Lipinski definition) is 1. The van der Waals surface area contributed by atoms with Crippen molar-refractivity contribution in [1.29, 1.82) is 0 Å². The van der Waals surface area contributed by atoms with Crippen LogP contribution in [-0.2, 0) is 19.1 Å². The molecular weight excluding hydrogens is 384 g/mol. The Labute approximate surface area is 142 Å². The second kappa shape index (κ2) is 6.97. The van der Waals surface area contributed by atoms with E-state index in [1.54, 1.807) is 43.3 Å². The summed E-state index contributed by atoms with van der Waals surface area (Å²) < 4.78 is 29.7. The SMILES string of the molecule is Cc1ccccc1C(=COS(=O)(=O)c1ccc(Br)cc1)C(=O)O. The molecule has 2 aromatic carbocycles. The average Bonchev–Trinajstić information content (AvgIpc) is 2.49. The third-order valence-corrected chi connectivity index (χ3v) is 4.79. The lowest BCUT2D eigenvalue weighted by atomic mass is 10.0. The zero-order valence-electron chi connectivity index (χ0n) is 12.1. The first-order chi connectivity index (χ1) is 10.8. The summed E-state index contributed by atoms with van der Waals surface area (Å²) in [7, 11) is -4.09. The molecule has 0 radical (unpaired) electrons. The number of aryl methyl sites for hydroxylation is 1. The highest BCUT2D eigenvalue weighted by Crippen LogP contribution is 2.22. The van der Waals surface area contributed by atoms with Crippen LogP contribution >= 0.6 is 15.9 Å². The van der Waals surface area contributed by atoms with Crippen molar-refractivity contribution in [2.75, 3.05) is 0 Å². The van der Waals surface area contributed by atoms with Crippen molar-refractivity contribution in [3.05, 3.63) is 70.4 Å². The van der Waals surface area contributed by atoms with Gasteiger partial charge in [-0.1, -0.05) is 40.2 Å². The summed E-state index contributed by atoms with van der Waals surface area (Å²) >= 11 is 3.21. The summed E-state index contributed by atoms with van der Waals surface area (Å²) in [6, 6.07) is 12.6. The van der Waals surface area contributed by atoms with Gasteiger partial charge in [0.15, 0.2) is 0 Å². The minimum Gasteiger partial charge on any atom is -0.478 e. The zero-order chi connectivity index (χ0) is 17.0. The normalized spacial score (nSPS) is 12.0. The van der Waals surface area contributed by atoms with E-state index in [0.29, 0.717) is 11.1 Å². The molecule has 0 fully saturated rings. The first-order valence-corrected chi connectivity index (χ1v) is 8.70. The Morgan fingerprint density at radius 1 is 1.13 bits per heavy atom. The number of hydrogen-bond acceptors (Lipinski definition) is 4. The van der Waals surface area contributed by atoms with Gasteiger partial charge in [-0.2, -0.15) is 8.42 Å². The van der Waals surface area contributed by atoms with Crippen molar-refractivity contribution in [2.24, 2.45) is 0 Å². The Morgan fingerprint density at radius 2 is 1.74 bits per heavy atom. The van der Waals surface area contributed by atoms with Crippen LogP contribution in [0.25, 0.3) is 5.57 Å². The molecule has 7 heteroatoms. The van der Waals surface area contributed by atoms with Crippen LogP contribution in [0.4, 0.5) is 0 Å². The zero-order valence-corrected chi connectivity index (χ0v) is 14.5. The summed E-state index contributed by atoms with van der Waals surface area (Å²) in [5.74, 6) is -1.27. The van der Waals surface area contributed by atoms with Crippen molar-refractivity contribution in [2.45, 2.75) is 11.8 Å². The molecule has 0 amide bonds. The van der Waals surface area contributed by atoms with E-state index in [1.807, 2.05) is 0 Å². The van der Waals surface area contributed by atoms with Crippen LogP contribution in [0.3, 0.4) is 0 Å². The maximum atomic E-state index is 12.1. The highest BCUT2D eigenvalue weighted by molar-refractivity contribution is 9.10. The molecule has 0 aliphatic rings. The molecule has 1 N–H and O–H groups in total. The van der Waals surface area contributed by atoms with Crippen molar-refractivity contribution in [3.8, 4) is 0 Å². The summed E-state index contributed by atoms with van der Waals surface area (Å²) in [4.78, 5) is 11.3.